The highest BCUT2D eigenvalue weighted by Crippen LogP contribution is 2.22. The molecule has 0 unspecified atom stereocenters. The molecule has 2 rings (SSSR count). The molecule has 100 valence electrons. The van der Waals surface area contributed by atoms with Crippen LogP contribution in [0.5, 0.6) is 0 Å². The van der Waals surface area contributed by atoms with Gasteiger partial charge in [-0.25, -0.2) is 8.42 Å². The molecular formula is C12H18N2O3S. The number of nitrogens with two attached hydrogens (primary N) is 1. The summed E-state index contributed by atoms with van der Waals surface area (Å²) in [4.78, 5) is 0.247. The van der Waals surface area contributed by atoms with Crippen LogP contribution in [0.4, 0.5) is 5.69 Å². The van der Waals surface area contributed by atoms with Crippen LogP contribution in [0.1, 0.15) is 12.8 Å². The molecule has 0 atom stereocenters. The maximum atomic E-state index is 12.4. The van der Waals surface area contributed by atoms with Crippen LogP contribution in [0.15, 0.2) is 29.2 Å². The van der Waals surface area contributed by atoms with Crippen LogP contribution < -0.4 is 5.73 Å². The third kappa shape index (κ3) is 2.66. The van der Waals surface area contributed by atoms with E-state index in [-0.39, 0.29) is 10.9 Å². The highest BCUT2D eigenvalue weighted by molar-refractivity contribution is 7.89. The molecule has 5 nitrogen and oxygen atoms in total. The van der Waals surface area contributed by atoms with E-state index in [0.717, 1.165) is 12.8 Å². The molecule has 1 heterocycles. The van der Waals surface area contributed by atoms with E-state index in [1.807, 2.05) is 0 Å². The van der Waals surface area contributed by atoms with E-state index in [2.05, 4.69) is 0 Å². The first-order valence-electron chi connectivity index (χ1n) is 5.93. The van der Waals surface area contributed by atoms with E-state index >= 15 is 0 Å². The quantitative estimate of drug-likeness (QED) is 0.834. The van der Waals surface area contributed by atoms with Crippen LogP contribution in [0.25, 0.3) is 0 Å². The second kappa shape index (κ2) is 5.26. The lowest BCUT2D eigenvalue weighted by molar-refractivity contribution is 0.0632. The number of benzene rings is 1. The summed E-state index contributed by atoms with van der Waals surface area (Å²) in [7, 11) is -1.84. The van der Waals surface area contributed by atoms with E-state index in [1.54, 1.807) is 25.2 Å². The van der Waals surface area contributed by atoms with Gasteiger partial charge in [0.1, 0.15) is 0 Å². The summed E-state index contributed by atoms with van der Waals surface area (Å²) < 4.78 is 31.5. The smallest absolute Gasteiger partial charge is 0.243 e. The van der Waals surface area contributed by atoms with Gasteiger partial charge in [-0.1, -0.05) is 6.07 Å². The Morgan fingerprint density at radius 2 is 2.00 bits per heavy atom. The van der Waals surface area contributed by atoms with Gasteiger partial charge in [-0.3, -0.25) is 0 Å². The normalized spacial score (nSPS) is 18.1. The Kier molecular flexibility index (Phi) is 3.89. The van der Waals surface area contributed by atoms with E-state index in [1.165, 1.54) is 10.4 Å². The van der Waals surface area contributed by atoms with Gasteiger partial charge < -0.3 is 10.5 Å². The number of sulfonamides is 1. The molecule has 1 aliphatic rings. The van der Waals surface area contributed by atoms with E-state index < -0.39 is 10.0 Å². The minimum absolute atomic E-state index is 0.00480. The number of nitrogen functional groups attached to an aromatic ring is 1. The molecule has 0 amide bonds. The molecule has 0 aliphatic carbocycles. The molecule has 1 fully saturated rings. The summed E-state index contributed by atoms with van der Waals surface area (Å²) in [6.07, 6.45) is 1.47. The Balaban J connectivity index is 2.24. The number of ether oxygens (including phenoxy) is 1. The predicted octanol–water partition coefficient (Wildman–Crippen LogP) is 1.07. The standard InChI is InChI=1S/C12H18N2O3S/c1-14(11-5-7-17-8-6-11)18(15,16)12-4-2-3-10(13)9-12/h2-4,9,11H,5-8,13H2,1H3. The third-order valence-corrected chi connectivity index (χ3v) is 5.15. The first kappa shape index (κ1) is 13.3. The highest BCUT2D eigenvalue weighted by atomic mass is 32.2. The van der Waals surface area contributed by atoms with Gasteiger partial charge in [0.05, 0.1) is 4.90 Å². The summed E-state index contributed by atoms with van der Waals surface area (Å²) in [5.41, 5.74) is 6.09. The lowest BCUT2D eigenvalue weighted by Gasteiger charge is -2.30. The summed E-state index contributed by atoms with van der Waals surface area (Å²) >= 11 is 0. The minimum atomic E-state index is -3.46. The van der Waals surface area contributed by atoms with Crippen molar-refractivity contribution >= 4 is 15.7 Å². The second-order valence-electron chi connectivity index (χ2n) is 4.44. The SMILES string of the molecule is CN(C1CCOCC1)S(=O)(=O)c1cccc(N)c1. The Labute approximate surface area is 108 Å². The topological polar surface area (TPSA) is 72.6 Å². The fraction of sp³-hybridized carbons (Fsp3) is 0.500. The van der Waals surface area contributed by atoms with Gasteiger partial charge in [-0.05, 0) is 31.0 Å². The number of anilines is 1. The number of hydrogen-bond donors (Lipinski definition) is 1. The van der Waals surface area contributed by atoms with Gasteiger partial charge in [0.15, 0.2) is 0 Å². The monoisotopic (exact) mass is 270 g/mol. The predicted molar refractivity (Wildman–Crippen MR) is 69.6 cm³/mol. The van der Waals surface area contributed by atoms with Crippen molar-refractivity contribution in [1.82, 2.24) is 4.31 Å². The van der Waals surface area contributed by atoms with Gasteiger partial charge in [0.2, 0.25) is 10.0 Å². The lowest BCUT2D eigenvalue weighted by atomic mass is 10.1. The van der Waals surface area contributed by atoms with Crippen molar-refractivity contribution in [1.29, 1.82) is 0 Å². The molecule has 1 aliphatic heterocycles. The average Bonchev–Trinajstić information content (AvgIpc) is 2.39. The lowest BCUT2D eigenvalue weighted by Crippen LogP contribution is -2.40. The van der Waals surface area contributed by atoms with Gasteiger partial charge in [-0.2, -0.15) is 4.31 Å². The zero-order chi connectivity index (χ0) is 13.2. The molecule has 0 saturated carbocycles. The van der Waals surface area contributed by atoms with Crippen LogP contribution in [0, 0.1) is 0 Å². The highest BCUT2D eigenvalue weighted by Gasteiger charge is 2.29. The molecule has 1 saturated heterocycles. The summed E-state index contributed by atoms with van der Waals surface area (Å²) in [5.74, 6) is 0. The molecule has 1 aromatic carbocycles. The molecule has 2 N–H and O–H groups in total. The van der Waals surface area contributed by atoms with Crippen LogP contribution in [-0.4, -0.2) is 39.0 Å². The molecule has 6 heteroatoms. The Morgan fingerprint density at radius 1 is 1.33 bits per heavy atom. The molecule has 0 aromatic heterocycles. The zero-order valence-corrected chi connectivity index (χ0v) is 11.2. The van der Waals surface area contributed by atoms with Gasteiger partial charge in [-0.15, -0.1) is 0 Å². The van der Waals surface area contributed by atoms with Gasteiger partial charge in [0.25, 0.3) is 0 Å². The van der Waals surface area contributed by atoms with Gasteiger partial charge in [0, 0.05) is 32.0 Å². The molecule has 0 bridgehead atoms. The first-order chi connectivity index (χ1) is 8.51. The fourth-order valence-electron chi connectivity index (χ4n) is 2.09. The van der Waals surface area contributed by atoms with Crippen LogP contribution in [0.2, 0.25) is 0 Å². The van der Waals surface area contributed by atoms with Crippen LogP contribution in [0.3, 0.4) is 0 Å². The Morgan fingerprint density at radius 3 is 2.61 bits per heavy atom. The average molecular weight is 270 g/mol. The number of nitrogens with zero attached hydrogens (tertiary/aromatic N) is 1. The summed E-state index contributed by atoms with van der Waals surface area (Å²) in [6, 6.07) is 6.39. The van der Waals surface area contributed by atoms with Crippen molar-refractivity contribution in [3.8, 4) is 0 Å². The maximum absolute atomic E-state index is 12.4. The maximum Gasteiger partial charge on any atom is 0.243 e. The Hall–Kier alpha value is -1.11. The number of hydrogen-bond acceptors (Lipinski definition) is 4. The van der Waals surface area contributed by atoms with Crippen LogP contribution >= 0.6 is 0 Å². The molecule has 0 spiro atoms. The summed E-state index contributed by atoms with van der Waals surface area (Å²) in [5, 5.41) is 0. The second-order valence-corrected chi connectivity index (χ2v) is 6.43. The molecule has 0 radical (unpaired) electrons. The Bertz CT molecular complexity index is 510. The molecule has 18 heavy (non-hydrogen) atoms. The van der Waals surface area contributed by atoms with Crippen molar-refractivity contribution in [3.63, 3.8) is 0 Å². The first-order valence-corrected chi connectivity index (χ1v) is 7.37. The summed E-state index contributed by atoms with van der Waals surface area (Å²) in [6.45, 7) is 1.23. The van der Waals surface area contributed by atoms with Gasteiger partial charge >= 0.3 is 0 Å². The van der Waals surface area contributed by atoms with Crippen LogP contribution in [-0.2, 0) is 14.8 Å². The molecular weight excluding hydrogens is 252 g/mol. The minimum Gasteiger partial charge on any atom is -0.399 e. The largest absolute Gasteiger partial charge is 0.399 e. The van der Waals surface area contributed by atoms with Crippen molar-refractivity contribution in [3.05, 3.63) is 24.3 Å². The zero-order valence-electron chi connectivity index (χ0n) is 10.4. The van der Waals surface area contributed by atoms with Crippen molar-refractivity contribution in [2.24, 2.45) is 0 Å². The fourth-order valence-corrected chi connectivity index (χ4v) is 3.56. The third-order valence-electron chi connectivity index (χ3n) is 3.24. The van der Waals surface area contributed by atoms with Crippen molar-refractivity contribution in [2.75, 3.05) is 26.0 Å². The van der Waals surface area contributed by atoms with E-state index in [4.69, 9.17) is 10.5 Å². The van der Waals surface area contributed by atoms with Crippen molar-refractivity contribution < 1.29 is 13.2 Å². The van der Waals surface area contributed by atoms with E-state index in [0.29, 0.717) is 18.9 Å². The number of rotatable bonds is 3. The molecule has 1 aromatic rings. The van der Waals surface area contributed by atoms with Crippen molar-refractivity contribution in [2.45, 2.75) is 23.8 Å². The van der Waals surface area contributed by atoms with E-state index in [9.17, 15) is 8.42 Å².